The van der Waals surface area contributed by atoms with Gasteiger partial charge in [0.15, 0.2) is 0 Å². The van der Waals surface area contributed by atoms with Gasteiger partial charge in [0.25, 0.3) is 0 Å². The first-order chi connectivity index (χ1) is 6.97. The maximum Gasteiger partial charge on any atom is 0.327 e. The van der Waals surface area contributed by atoms with Gasteiger partial charge in [0.2, 0.25) is 0 Å². The molecule has 0 spiro atoms. The fourth-order valence-corrected chi connectivity index (χ4v) is 1.47. The van der Waals surface area contributed by atoms with Crippen LogP contribution in [0, 0.1) is 5.92 Å². The van der Waals surface area contributed by atoms with E-state index in [0.717, 1.165) is 6.42 Å². The Bertz CT molecular complexity index is 186. The number of nitrogens with zero attached hydrogens (tertiary/aromatic N) is 1. The smallest absolute Gasteiger partial charge is 0.327 e. The molecule has 0 heterocycles. The molecule has 0 bridgehead atoms. The number of carbonyl (C=O) groups excluding carboxylic acids is 1. The highest BCUT2D eigenvalue weighted by Crippen LogP contribution is 2.09. The van der Waals surface area contributed by atoms with Crippen molar-refractivity contribution in [3.05, 3.63) is 0 Å². The Morgan fingerprint density at radius 2 is 2.07 bits per heavy atom. The van der Waals surface area contributed by atoms with Crippen LogP contribution in [0.15, 0.2) is 0 Å². The number of hydrogen-bond donors (Lipinski definition) is 2. The van der Waals surface area contributed by atoms with Crippen molar-refractivity contribution in [1.82, 2.24) is 10.5 Å². The van der Waals surface area contributed by atoms with Gasteiger partial charge in [-0.3, -0.25) is 4.79 Å². The minimum atomic E-state index is -0.332. The largest absolute Gasteiger partial charge is 0.356 e. The van der Waals surface area contributed by atoms with Crippen molar-refractivity contribution in [1.29, 1.82) is 0 Å². The highest BCUT2D eigenvalue weighted by Gasteiger charge is 2.12. The summed E-state index contributed by atoms with van der Waals surface area (Å²) in [4.78, 5) is 17.6. The van der Waals surface area contributed by atoms with Crippen molar-refractivity contribution < 1.29 is 9.63 Å². The molecule has 0 rings (SSSR count). The van der Waals surface area contributed by atoms with Gasteiger partial charge in [0.1, 0.15) is 0 Å². The zero-order chi connectivity index (χ0) is 11.8. The summed E-state index contributed by atoms with van der Waals surface area (Å²) in [6.45, 7) is 7.23. The first-order valence-electron chi connectivity index (χ1n) is 5.32. The molecule has 5 heteroatoms. The van der Waals surface area contributed by atoms with Crippen molar-refractivity contribution in [2.75, 3.05) is 13.6 Å². The second kappa shape index (κ2) is 7.62. The Balaban J connectivity index is 3.72. The number of carbonyl (C=O) groups is 1. The van der Waals surface area contributed by atoms with Crippen molar-refractivity contribution in [3.8, 4) is 0 Å². The van der Waals surface area contributed by atoms with Gasteiger partial charge >= 0.3 is 5.97 Å². The van der Waals surface area contributed by atoms with Crippen LogP contribution in [0.2, 0.25) is 0 Å². The lowest BCUT2D eigenvalue weighted by Crippen LogP contribution is -2.34. The summed E-state index contributed by atoms with van der Waals surface area (Å²) >= 11 is 0. The molecule has 0 aliphatic heterocycles. The Morgan fingerprint density at radius 1 is 1.47 bits per heavy atom. The number of nitrogens with two attached hydrogens (primary N) is 1. The van der Waals surface area contributed by atoms with Crippen molar-refractivity contribution in [2.24, 2.45) is 11.8 Å². The van der Waals surface area contributed by atoms with Crippen LogP contribution in [0.1, 0.15) is 33.6 Å². The van der Waals surface area contributed by atoms with Crippen LogP contribution in [-0.4, -0.2) is 30.5 Å². The molecule has 0 saturated carbocycles. The Kier molecular flexibility index (Phi) is 7.29. The van der Waals surface area contributed by atoms with E-state index in [9.17, 15) is 4.79 Å². The lowest BCUT2D eigenvalue weighted by atomic mass is 10.0. The van der Waals surface area contributed by atoms with Crippen LogP contribution in [-0.2, 0) is 9.63 Å². The van der Waals surface area contributed by atoms with Crippen molar-refractivity contribution in [2.45, 2.75) is 39.7 Å². The molecule has 0 radical (unpaired) electrons. The van der Waals surface area contributed by atoms with E-state index in [1.165, 1.54) is 0 Å². The van der Waals surface area contributed by atoms with Gasteiger partial charge in [-0.15, -0.1) is 0 Å². The lowest BCUT2D eigenvalue weighted by molar-refractivity contribution is -0.151. The van der Waals surface area contributed by atoms with Gasteiger partial charge in [0.05, 0.1) is 6.42 Å². The average Bonchev–Trinajstić information content (AvgIpc) is 2.13. The van der Waals surface area contributed by atoms with E-state index in [0.29, 0.717) is 24.9 Å². The van der Waals surface area contributed by atoms with Crippen LogP contribution in [0.5, 0.6) is 0 Å². The van der Waals surface area contributed by atoms with Crippen LogP contribution in [0.3, 0.4) is 0 Å². The molecular formula is C10H23N3O2. The fraction of sp³-hybridized carbons (Fsp3) is 0.900. The van der Waals surface area contributed by atoms with Gasteiger partial charge in [-0.1, -0.05) is 19.4 Å². The summed E-state index contributed by atoms with van der Waals surface area (Å²) in [5.41, 5.74) is 1.88. The summed E-state index contributed by atoms with van der Waals surface area (Å²) in [6.07, 6.45) is 1.48. The Labute approximate surface area is 91.9 Å². The summed E-state index contributed by atoms with van der Waals surface area (Å²) in [5.74, 6) is 5.19. The molecule has 0 saturated heterocycles. The summed E-state index contributed by atoms with van der Waals surface area (Å²) in [5, 5.41) is 0. The predicted octanol–water partition coefficient (Wildman–Crippen LogP) is 0.664. The van der Waals surface area contributed by atoms with Gasteiger partial charge in [0, 0.05) is 12.6 Å². The third-order valence-corrected chi connectivity index (χ3v) is 2.41. The molecule has 1 unspecified atom stereocenters. The Hall–Kier alpha value is -0.650. The number of hydrazine groups is 1. The highest BCUT2D eigenvalue weighted by molar-refractivity contribution is 5.69. The van der Waals surface area contributed by atoms with E-state index in [-0.39, 0.29) is 5.97 Å². The first-order valence-corrected chi connectivity index (χ1v) is 5.32. The van der Waals surface area contributed by atoms with E-state index in [2.05, 4.69) is 30.5 Å². The zero-order valence-corrected chi connectivity index (χ0v) is 10.1. The standard InChI is InChI=1S/C10H23N3O2/c1-8(2)7-9(3)13(4)6-5-10(14)15-12-11/h8-9,12H,5-7,11H2,1-4H3. The molecule has 0 aromatic heterocycles. The van der Waals surface area contributed by atoms with Crippen LogP contribution in [0.4, 0.5) is 0 Å². The van der Waals surface area contributed by atoms with Gasteiger partial charge in [-0.2, -0.15) is 0 Å². The Morgan fingerprint density at radius 3 is 2.53 bits per heavy atom. The van der Waals surface area contributed by atoms with Crippen LogP contribution >= 0.6 is 0 Å². The molecule has 0 fully saturated rings. The number of hydrogen-bond acceptors (Lipinski definition) is 5. The molecule has 0 aliphatic rings. The first kappa shape index (κ1) is 14.3. The third-order valence-electron chi connectivity index (χ3n) is 2.41. The summed E-state index contributed by atoms with van der Waals surface area (Å²) < 4.78 is 0. The second-order valence-electron chi connectivity index (χ2n) is 4.30. The maximum absolute atomic E-state index is 11.0. The minimum absolute atomic E-state index is 0.332. The topological polar surface area (TPSA) is 67.6 Å². The summed E-state index contributed by atoms with van der Waals surface area (Å²) in [7, 11) is 2.01. The van der Waals surface area contributed by atoms with Crippen molar-refractivity contribution >= 4 is 5.97 Å². The molecular weight excluding hydrogens is 194 g/mol. The number of rotatable bonds is 7. The maximum atomic E-state index is 11.0. The second-order valence-corrected chi connectivity index (χ2v) is 4.30. The SMILES string of the molecule is CC(C)CC(C)N(C)CCC(=O)ONN. The number of nitrogens with one attached hydrogen (secondary N) is 1. The van der Waals surface area contributed by atoms with E-state index >= 15 is 0 Å². The molecule has 0 amide bonds. The monoisotopic (exact) mass is 217 g/mol. The minimum Gasteiger partial charge on any atom is -0.356 e. The predicted molar refractivity (Wildman–Crippen MR) is 59.6 cm³/mol. The molecule has 1 atom stereocenters. The molecule has 0 aliphatic carbocycles. The van der Waals surface area contributed by atoms with Gasteiger partial charge in [-0.25, -0.2) is 5.84 Å². The van der Waals surface area contributed by atoms with E-state index in [4.69, 9.17) is 5.84 Å². The van der Waals surface area contributed by atoms with E-state index in [1.807, 2.05) is 12.6 Å². The van der Waals surface area contributed by atoms with Crippen LogP contribution < -0.4 is 11.4 Å². The molecule has 5 nitrogen and oxygen atoms in total. The normalized spacial score (nSPS) is 13.3. The van der Waals surface area contributed by atoms with Crippen LogP contribution in [0.25, 0.3) is 0 Å². The lowest BCUT2D eigenvalue weighted by Gasteiger charge is -2.25. The molecule has 0 aromatic carbocycles. The average molecular weight is 217 g/mol. The molecule has 3 N–H and O–H groups in total. The highest BCUT2D eigenvalue weighted by atomic mass is 16.7. The van der Waals surface area contributed by atoms with E-state index in [1.54, 1.807) is 0 Å². The molecule has 0 aromatic rings. The zero-order valence-electron chi connectivity index (χ0n) is 10.1. The molecule has 90 valence electrons. The fourth-order valence-electron chi connectivity index (χ4n) is 1.47. The van der Waals surface area contributed by atoms with Gasteiger partial charge < -0.3 is 9.74 Å². The van der Waals surface area contributed by atoms with Gasteiger partial charge in [-0.05, 0) is 26.3 Å². The molecule has 15 heavy (non-hydrogen) atoms. The van der Waals surface area contributed by atoms with Crippen molar-refractivity contribution in [3.63, 3.8) is 0 Å². The third kappa shape index (κ3) is 7.30. The summed E-state index contributed by atoms with van der Waals surface area (Å²) in [6, 6.07) is 0.476. The quantitative estimate of drug-likeness (QED) is 0.484. The van der Waals surface area contributed by atoms with E-state index < -0.39 is 0 Å².